The molecule has 0 aliphatic heterocycles. The topological polar surface area (TPSA) is 52.5 Å². The quantitative estimate of drug-likeness (QED) is 0.711. The zero-order chi connectivity index (χ0) is 14.1. The zero-order valence-electron chi connectivity index (χ0n) is 11.3. The number of aryl methyl sites for hydroxylation is 2. The number of hydrogen-bond acceptors (Lipinski definition) is 3. The number of hydrogen-bond donors (Lipinski definition) is 1. The van der Waals surface area contributed by atoms with Crippen LogP contribution in [-0.2, 0) is 0 Å². The van der Waals surface area contributed by atoms with E-state index in [4.69, 9.17) is 0 Å². The van der Waals surface area contributed by atoms with E-state index in [1.165, 1.54) is 10.4 Å². The number of nitrogens with zero attached hydrogens (tertiary/aromatic N) is 2. The summed E-state index contributed by atoms with van der Waals surface area (Å²) in [7, 11) is 0. The standard InChI is InChI=1S/C16H13N3S/c1-10-3-6-14-15(7-10)19-16(18-14)12(9-17)8-13-5-4-11(2)20-13/h3-8H,1-2H3,(H,18,19). The third-order valence-corrected chi connectivity index (χ3v) is 4.01. The van der Waals surface area contributed by atoms with E-state index in [0.29, 0.717) is 11.4 Å². The SMILES string of the molecule is Cc1ccc2nc(C(C#N)=Cc3ccc(C)s3)[nH]c2c1. The van der Waals surface area contributed by atoms with Crippen LogP contribution in [0.1, 0.15) is 21.1 Å². The third kappa shape index (κ3) is 2.36. The fraction of sp³-hybridized carbons (Fsp3) is 0.125. The Hall–Kier alpha value is -2.38. The van der Waals surface area contributed by atoms with Crippen LogP contribution in [0.4, 0.5) is 0 Å². The molecule has 3 rings (SSSR count). The summed E-state index contributed by atoms with van der Waals surface area (Å²) >= 11 is 1.67. The number of rotatable bonds is 2. The van der Waals surface area contributed by atoms with E-state index in [-0.39, 0.29) is 0 Å². The highest BCUT2D eigenvalue weighted by Gasteiger charge is 2.08. The highest BCUT2D eigenvalue weighted by molar-refractivity contribution is 7.12. The highest BCUT2D eigenvalue weighted by Crippen LogP contribution is 2.23. The van der Waals surface area contributed by atoms with Crippen molar-refractivity contribution in [3.8, 4) is 6.07 Å². The van der Waals surface area contributed by atoms with E-state index >= 15 is 0 Å². The van der Waals surface area contributed by atoms with Gasteiger partial charge < -0.3 is 4.98 Å². The fourth-order valence-corrected chi connectivity index (χ4v) is 2.90. The number of allylic oxidation sites excluding steroid dienone is 1. The zero-order valence-corrected chi connectivity index (χ0v) is 12.1. The second kappa shape index (κ2) is 4.95. The number of aromatic amines is 1. The number of H-pyrrole nitrogens is 1. The summed E-state index contributed by atoms with van der Waals surface area (Å²) in [5.41, 5.74) is 3.57. The lowest BCUT2D eigenvalue weighted by Crippen LogP contribution is -1.83. The summed E-state index contributed by atoms with van der Waals surface area (Å²) in [5.74, 6) is 0.624. The van der Waals surface area contributed by atoms with Gasteiger partial charge >= 0.3 is 0 Å². The van der Waals surface area contributed by atoms with Crippen LogP contribution >= 0.6 is 11.3 Å². The van der Waals surface area contributed by atoms with Crippen LogP contribution in [0.3, 0.4) is 0 Å². The van der Waals surface area contributed by atoms with Crippen molar-refractivity contribution in [2.75, 3.05) is 0 Å². The first-order valence-electron chi connectivity index (χ1n) is 6.31. The molecule has 2 heterocycles. The number of nitrogens with one attached hydrogen (secondary N) is 1. The summed E-state index contributed by atoms with van der Waals surface area (Å²) in [5, 5.41) is 9.35. The highest BCUT2D eigenvalue weighted by atomic mass is 32.1. The lowest BCUT2D eigenvalue weighted by Gasteiger charge is -1.91. The number of fused-ring (bicyclic) bond motifs is 1. The van der Waals surface area contributed by atoms with Crippen LogP contribution in [0.25, 0.3) is 22.7 Å². The molecule has 0 atom stereocenters. The van der Waals surface area contributed by atoms with Crippen molar-refractivity contribution in [3.05, 3.63) is 51.5 Å². The molecule has 0 fully saturated rings. The molecule has 0 spiro atoms. The molecule has 1 aromatic carbocycles. The molecule has 3 nitrogen and oxygen atoms in total. The number of imidazole rings is 1. The van der Waals surface area contributed by atoms with Crippen LogP contribution in [0.2, 0.25) is 0 Å². The molecule has 0 bridgehead atoms. The number of nitriles is 1. The first kappa shape index (κ1) is 12.6. The minimum Gasteiger partial charge on any atom is -0.337 e. The average molecular weight is 279 g/mol. The van der Waals surface area contributed by atoms with Crippen molar-refractivity contribution in [2.24, 2.45) is 0 Å². The smallest absolute Gasteiger partial charge is 0.149 e. The summed E-state index contributed by atoms with van der Waals surface area (Å²) < 4.78 is 0. The van der Waals surface area contributed by atoms with Gasteiger partial charge in [-0.25, -0.2) is 4.98 Å². The Morgan fingerprint density at radius 1 is 1.30 bits per heavy atom. The van der Waals surface area contributed by atoms with E-state index < -0.39 is 0 Å². The van der Waals surface area contributed by atoms with Gasteiger partial charge in [-0.15, -0.1) is 11.3 Å². The van der Waals surface area contributed by atoms with Crippen molar-refractivity contribution in [1.29, 1.82) is 5.26 Å². The Balaban J connectivity index is 2.07. The molecule has 0 unspecified atom stereocenters. The van der Waals surface area contributed by atoms with Gasteiger partial charge in [0.1, 0.15) is 11.9 Å². The maximum atomic E-state index is 9.35. The fourth-order valence-electron chi connectivity index (χ4n) is 2.08. The van der Waals surface area contributed by atoms with Crippen molar-refractivity contribution >= 4 is 34.0 Å². The molecule has 4 heteroatoms. The van der Waals surface area contributed by atoms with Crippen LogP contribution in [0.15, 0.2) is 30.3 Å². The molecule has 0 aliphatic rings. The van der Waals surface area contributed by atoms with Gasteiger partial charge in [-0.2, -0.15) is 5.26 Å². The minimum absolute atomic E-state index is 0.556. The maximum absolute atomic E-state index is 9.35. The molecule has 0 amide bonds. The van der Waals surface area contributed by atoms with Gasteiger partial charge in [-0.05, 0) is 49.8 Å². The van der Waals surface area contributed by atoms with E-state index in [0.717, 1.165) is 15.9 Å². The molecule has 20 heavy (non-hydrogen) atoms. The molecular weight excluding hydrogens is 266 g/mol. The Kier molecular flexibility index (Phi) is 3.13. The van der Waals surface area contributed by atoms with Gasteiger partial charge in [0, 0.05) is 9.75 Å². The minimum atomic E-state index is 0.556. The van der Waals surface area contributed by atoms with Gasteiger partial charge in [-0.1, -0.05) is 6.07 Å². The van der Waals surface area contributed by atoms with Crippen LogP contribution < -0.4 is 0 Å². The average Bonchev–Trinajstić information content (AvgIpc) is 3.01. The van der Waals surface area contributed by atoms with Crippen molar-refractivity contribution in [2.45, 2.75) is 13.8 Å². The van der Waals surface area contributed by atoms with Gasteiger partial charge in [-0.3, -0.25) is 0 Å². The van der Waals surface area contributed by atoms with Crippen LogP contribution in [-0.4, -0.2) is 9.97 Å². The van der Waals surface area contributed by atoms with Crippen molar-refractivity contribution < 1.29 is 0 Å². The third-order valence-electron chi connectivity index (χ3n) is 3.06. The number of benzene rings is 1. The molecule has 0 saturated heterocycles. The van der Waals surface area contributed by atoms with Gasteiger partial charge in [0.25, 0.3) is 0 Å². The van der Waals surface area contributed by atoms with Crippen LogP contribution in [0, 0.1) is 25.2 Å². The number of aromatic nitrogens is 2. The summed E-state index contributed by atoms with van der Waals surface area (Å²) in [6.45, 7) is 4.09. The molecule has 3 aromatic rings. The molecule has 0 aliphatic carbocycles. The van der Waals surface area contributed by atoms with Gasteiger partial charge in [0.2, 0.25) is 0 Å². The molecule has 98 valence electrons. The monoisotopic (exact) mass is 279 g/mol. The van der Waals surface area contributed by atoms with Gasteiger partial charge in [0.15, 0.2) is 0 Å². The second-order valence-corrected chi connectivity index (χ2v) is 6.04. The van der Waals surface area contributed by atoms with Crippen molar-refractivity contribution in [1.82, 2.24) is 9.97 Å². The summed E-state index contributed by atoms with van der Waals surface area (Å²) in [6, 6.07) is 12.3. The number of thiophene rings is 1. The summed E-state index contributed by atoms with van der Waals surface area (Å²) in [4.78, 5) is 10.00. The predicted molar refractivity (Wildman–Crippen MR) is 83.4 cm³/mol. The Morgan fingerprint density at radius 2 is 2.15 bits per heavy atom. The molecule has 1 N–H and O–H groups in total. The Morgan fingerprint density at radius 3 is 2.85 bits per heavy atom. The lowest BCUT2D eigenvalue weighted by molar-refractivity contribution is 1.27. The Bertz CT molecular complexity index is 846. The second-order valence-electron chi connectivity index (χ2n) is 4.72. The lowest BCUT2D eigenvalue weighted by atomic mass is 10.2. The normalized spacial score (nSPS) is 11.8. The van der Waals surface area contributed by atoms with E-state index in [9.17, 15) is 5.26 Å². The van der Waals surface area contributed by atoms with Gasteiger partial charge in [0.05, 0.1) is 16.6 Å². The van der Waals surface area contributed by atoms with E-state index in [2.05, 4.69) is 23.0 Å². The van der Waals surface area contributed by atoms with Crippen molar-refractivity contribution in [3.63, 3.8) is 0 Å². The Labute approximate surface area is 121 Å². The molecular formula is C16H13N3S. The van der Waals surface area contributed by atoms with E-state index in [1.807, 2.05) is 43.3 Å². The van der Waals surface area contributed by atoms with Crippen LogP contribution in [0.5, 0.6) is 0 Å². The maximum Gasteiger partial charge on any atom is 0.149 e. The first-order valence-corrected chi connectivity index (χ1v) is 7.12. The molecule has 2 aromatic heterocycles. The molecule has 0 radical (unpaired) electrons. The summed E-state index contributed by atoms with van der Waals surface area (Å²) in [6.07, 6.45) is 1.88. The van der Waals surface area contributed by atoms with E-state index in [1.54, 1.807) is 11.3 Å². The first-order chi connectivity index (χ1) is 9.65. The largest absolute Gasteiger partial charge is 0.337 e. The molecule has 0 saturated carbocycles. The predicted octanol–water partition coefficient (Wildman–Crippen LogP) is 4.31.